The Bertz CT molecular complexity index is 362. The molecule has 1 aromatic heterocycles. The van der Waals surface area contributed by atoms with Gasteiger partial charge in [0.05, 0.1) is 6.54 Å². The van der Waals surface area contributed by atoms with Gasteiger partial charge in [-0.25, -0.2) is 13.8 Å². The number of piperidine rings is 1. The van der Waals surface area contributed by atoms with Gasteiger partial charge in [0.15, 0.2) is 0 Å². The summed E-state index contributed by atoms with van der Waals surface area (Å²) in [5.41, 5.74) is 5.47. The van der Waals surface area contributed by atoms with Crippen molar-refractivity contribution in [1.82, 2.24) is 9.97 Å². The first-order chi connectivity index (χ1) is 8.07. The molecule has 96 valence electrons. The largest absolute Gasteiger partial charge is 0.400 e. The topological polar surface area (TPSA) is 75.3 Å². The molecular weight excluding hydrogens is 230 g/mol. The van der Waals surface area contributed by atoms with Crippen molar-refractivity contribution >= 4 is 11.8 Å². The van der Waals surface area contributed by atoms with Crippen molar-refractivity contribution < 1.29 is 13.9 Å². The summed E-state index contributed by atoms with van der Waals surface area (Å²) in [4.78, 5) is 9.32. The monoisotopic (exact) mass is 246 g/mol. The van der Waals surface area contributed by atoms with Crippen LogP contribution in [0, 0.1) is 0 Å². The average Bonchev–Trinajstić information content (AvgIpc) is 2.30. The minimum atomic E-state index is -2.65. The maximum absolute atomic E-state index is 13.1. The van der Waals surface area contributed by atoms with E-state index in [4.69, 9.17) is 10.8 Å². The molecule has 2 heterocycles. The lowest BCUT2D eigenvalue weighted by atomic mass is 10.1. The predicted molar refractivity (Wildman–Crippen MR) is 61.0 cm³/mol. The van der Waals surface area contributed by atoms with Crippen molar-refractivity contribution in [2.75, 3.05) is 30.8 Å². The SMILES string of the molecule is CO.Nc1ccnc(N2CCCC(F)(F)C2)n1. The van der Waals surface area contributed by atoms with Crippen molar-refractivity contribution in [1.29, 1.82) is 0 Å². The summed E-state index contributed by atoms with van der Waals surface area (Å²) in [6.45, 7) is 0.232. The second-order valence-corrected chi connectivity index (χ2v) is 3.66. The molecular formula is C10H16F2N4O. The van der Waals surface area contributed by atoms with Gasteiger partial charge in [-0.15, -0.1) is 0 Å². The van der Waals surface area contributed by atoms with Gasteiger partial charge in [0.25, 0.3) is 5.92 Å². The molecule has 3 N–H and O–H groups in total. The van der Waals surface area contributed by atoms with Crippen LogP contribution < -0.4 is 10.6 Å². The number of halogens is 2. The number of alkyl halides is 2. The van der Waals surface area contributed by atoms with Gasteiger partial charge in [-0.05, 0) is 12.5 Å². The number of aromatic nitrogens is 2. The van der Waals surface area contributed by atoms with E-state index in [1.54, 1.807) is 0 Å². The Kier molecular flexibility index (Phi) is 4.56. The molecule has 0 amide bonds. The Morgan fingerprint density at radius 1 is 1.47 bits per heavy atom. The van der Waals surface area contributed by atoms with E-state index in [0.29, 0.717) is 18.8 Å². The Morgan fingerprint density at radius 2 is 2.18 bits per heavy atom. The van der Waals surface area contributed by atoms with Gasteiger partial charge in [-0.3, -0.25) is 0 Å². The van der Waals surface area contributed by atoms with Crippen LogP contribution in [0.4, 0.5) is 20.5 Å². The Hall–Kier alpha value is -1.50. The van der Waals surface area contributed by atoms with Crippen molar-refractivity contribution in [2.45, 2.75) is 18.8 Å². The molecule has 0 saturated carbocycles. The fourth-order valence-electron chi connectivity index (χ4n) is 1.65. The lowest BCUT2D eigenvalue weighted by Crippen LogP contribution is -2.43. The van der Waals surface area contributed by atoms with Crippen LogP contribution in [-0.2, 0) is 0 Å². The molecule has 5 nitrogen and oxygen atoms in total. The number of hydrogen-bond acceptors (Lipinski definition) is 5. The summed E-state index contributed by atoms with van der Waals surface area (Å²) in [6, 6.07) is 1.53. The van der Waals surface area contributed by atoms with Gasteiger partial charge in [-0.2, -0.15) is 4.98 Å². The summed E-state index contributed by atoms with van der Waals surface area (Å²) >= 11 is 0. The normalized spacial score (nSPS) is 18.2. The summed E-state index contributed by atoms with van der Waals surface area (Å²) in [7, 11) is 1.00. The zero-order valence-electron chi connectivity index (χ0n) is 9.61. The molecule has 1 fully saturated rings. The fraction of sp³-hybridized carbons (Fsp3) is 0.600. The Labute approximate surface area is 98.3 Å². The number of nitrogens with two attached hydrogens (primary N) is 1. The summed E-state index contributed by atoms with van der Waals surface area (Å²) in [5, 5.41) is 7.00. The van der Waals surface area contributed by atoms with E-state index in [1.165, 1.54) is 17.2 Å². The third-order valence-corrected chi connectivity index (χ3v) is 2.34. The van der Waals surface area contributed by atoms with E-state index in [1.807, 2.05) is 0 Å². The number of nitrogens with zero attached hydrogens (tertiary/aromatic N) is 3. The van der Waals surface area contributed by atoms with Crippen LogP contribution in [0.1, 0.15) is 12.8 Å². The Balaban J connectivity index is 0.000000686. The standard InChI is InChI=1S/C9H12F2N4.CH4O/c10-9(11)3-1-5-15(6-9)8-13-4-2-7(12)14-8;1-2/h2,4H,1,3,5-6H2,(H2,12,13,14);2H,1H3. The van der Waals surface area contributed by atoms with Gasteiger partial charge < -0.3 is 15.7 Å². The molecule has 0 unspecified atom stereocenters. The van der Waals surface area contributed by atoms with Gasteiger partial charge >= 0.3 is 0 Å². The van der Waals surface area contributed by atoms with E-state index in [2.05, 4.69) is 9.97 Å². The quantitative estimate of drug-likeness (QED) is 0.770. The van der Waals surface area contributed by atoms with Gasteiger partial charge in [-0.1, -0.05) is 0 Å². The Morgan fingerprint density at radius 3 is 2.76 bits per heavy atom. The lowest BCUT2D eigenvalue weighted by molar-refractivity contribution is -0.0120. The molecule has 1 saturated heterocycles. The summed E-state index contributed by atoms with van der Waals surface area (Å²) < 4.78 is 26.2. The molecule has 7 heteroatoms. The third-order valence-electron chi connectivity index (χ3n) is 2.34. The van der Waals surface area contributed by atoms with E-state index in [-0.39, 0.29) is 18.9 Å². The number of rotatable bonds is 1. The summed E-state index contributed by atoms with van der Waals surface area (Å²) in [6.07, 6.45) is 1.86. The first-order valence-electron chi connectivity index (χ1n) is 5.23. The highest BCUT2D eigenvalue weighted by Gasteiger charge is 2.36. The van der Waals surface area contributed by atoms with Gasteiger partial charge in [0.1, 0.15) is 5.82 Å². The second kappa shape index (κ2) is 5.72. The average molecular weight is 246 g/mol. The van der Waals surface area contributed by atoms with E-state index < -0.39 is 5.92 Å². The van der Waals surface area contributed by atoms with Crippen molar-refractivity contribution in [3.8, 4) is 0 Å². The van der Waals surface area contributed by atoms with Crippen LogP contribution in [0.25, 0.3) is 0 Å². The minimum Gasteiger partial charge on any atom is -0.400 e. The third kappa shape index (κ3) is 3.77. The van der Waals surface area contributed by atoms with E-state index >= 15 is 0 Å². The molecule has 0 aliphatic carbocycles. The number of aliphatic hydroxyl groups is 1. The van der Waals surface area contributed by atoms with Crippen LogP contribution in [0.2, 0.25) is 0 Å². The summed E-state index contributed by atoms with van der Waals surface area (Å²) in [5.74, 6) is -2.06. The number of nitrogen functional groups attached to an aromatic ring is 1. The van der Waals surface area contributed by atoms with Gasteiger partial charge in [0, 0.05) is 26.3 Å². The van der Waals surface area contributed by atoms with Crippen LogP contribution >= 0.6 is 0 Å². The van der Waals surface area contributed by atoms with Crippen molar-refractivity contribution in [3.63, 3.8) is 0 Å². The molecule has 0 radical (unpaired) electrons. The first-order valence-corrected chi connectivity index (χ1v) is 5.23. The number of hydrogen-bond donors (Lipinski definition) is 2. The molecule has 1 aromatic rings. The zero-order valence-corrected chi connectivity index (χ0v) is 9.61. The number of anilines is 2. The molecule has 0 aromatic carbocycles. The van der Waals surface area contributed by atoms with Crippen molar-refractivity contribution in [3.05, 3.63) is 12.3 Å². The zero-order chi connectivity index (χ0) is 12.9. The molecule has 0 atom stereocenters. The lowest BCUT2D eigenvalue weighted by Gasteiger charge is -2.32. The van der Waals surface area contributed by atoms with Gasteiger partial charge in [0.2, 0.25) is 5.95 Å². The minimum absolute atomic E-state index is 0.0637. The van der Waals surface area contributed by atoms with Crippen LogP contribution in [0.3, 0.4) is 0 Å². The maximum Gasteiger partial charge on any atom is 0.265 e. The highest BCUT2D eigenvalue weighted by Crippen LogP contribution is 2.28. The van der Waals surface area contributed by atoms with Crippen LogP contribution in [0.5, 0.6) is 0 Å². The molecule has 17 heavy (non-hydrogen) atoms. The maximum atomic E-state index is 13.1. The second-order valence-electron chi connectivity index (χ2n) is 3.66. The van der Waals surface area contributed by atoms with E-state index in [0.717, 1.165) is 7.11 Å². The van der Waals surface area contributed by atoms with E-state index in [9.17, 15) is 8.78 Å². The molecule has 1 aliphatic heterocycles. The fourth-order valence-corrected chi connectivity index (χ4v) is 1.65. The molecule has 2 rings (SSSR count). The van der Waals surface area contributed by atoms with Crippen LogP contribution in [0.15, 0.2) is 12.3 Å². The number of aliphatic hydroxyl groups excluding tert-OH is 1. The van der Waals surface area contributed by atoms with Crippen molar-refractivity contribution in [2.24, 2.45) is 0 Å². The highest BCUT2D eigenvalue weighted by atomic mass is 19.3. The molecule has 0 bridgehead atoms. The predicted octanol–water partition coefficient (Wildman–Crippen LogP) is 0.903. The molecule has 1 aliphatic rings. The smallest absolute Gasteiger partial charge is 0.265 e. The highest BCUT2D eigenvalue weighted by molar-refractivity contribution is 5.38. The molecule has 0 spiro atoms. The first kappa shape index (κ1) is 13.6. The van der Waals surface area contributed by atoms with Crippen LogP contribution in [-0.4, -0.2) is 41.2 Å².